The van der Waals surface area contributed by atoms with Gasteiger partial charge in [0.1, 0.15) is 0 Å². The topological polar surface area (TPSA) is 107 Å². The van der Waals surface area contributed by atoms with E-state index < -0.39 is 0 Å². The van der Waals surface area contributed by atoms with E-state index in [1.54, 1.807) is 11.9 Å². The number of amides is 1. The van der Waals surface area contributed by atoms with E-state index in [2.05, 4.69) is 37.6 Å². The number of ether oxygens (including phenoxy) is 1. The van der Waals surface area contributed by atoms with E-state index in [1.807, 2.05) is 0 Å². The molecule has 6 aliphatic rings. The van der Waals surface area contributed by atoms with Gasteiger partial charge in [0.25, 0.3) is 0 Å². The summed E-state index contributed by atoms with van der Waals surface area (Å²) >= 11 is 1.68. The van der Waals surface area contributed by atoms with Crippen molar-refractivity contribution < 1.29 is 9.53 Å². The molecule has 8 atom stereocenters. The van der Waals surface area contributed by atoms with E-state index in [0.29, 0.717) is 30.0 Å². The highest BCUT2D eigenvalue weighted by atomic mass is 32.2. The third-order valence-electron chi connectivity index (χ3n) is 8.16. The number of nitrogens with two attached hydrogens (primary N) is 1. The first-order valence-electron chi connectivity index (χ1n) is 11.7. The Morgan fingerprint density at radius 2 is 2.03 bits per heavy atom. The molecule has 5 aliphatic heterocycles. The lowest BCUT2D eigenvalue weighted by molar-refractivity contribution is -0.128. The third-order valence-corrected chi connectivity index (χ3v) is 9.35. The van der Waals surface area contributed by atoms with Crippen LogP contribution in [0.3, 0.4) is 0 Å². The molecule has 168 valence electrons. The van der Waals surface area contributed by atoms with Crippen LogP contribution in [0.25, 0.3) is 0 Å². The second-order valence-corrected chi connectivity index (χ2v) is 11.1. The molecule has 0 radical (unpaired) electrons. The van der Waals surface area contributed by atoms with Gasteiger partial charge in [0.15, 0.2) is 0 Å². The van der Waals surface area contributed by atoms with Crippen LogP contribution in [-0.2, 0) is 9.53 Å². The maximum atomic E-state index is 13.3. The minimum atomic E-state index is -0.352. The van der Waals surface area contributed by atoms with Gasteiger partial charge in [-0.1, -0.05) is 11.9 Å². The molecular formula is C20H35N7O2S. The summed E-state index contributed by atoms with van der Waals surface area (Å²) in [5.41, 5.74) is 9.83. The van der Waals surface area contributed by atoms with Crippen molar-refractivity contribution in [1.29, 1.82) is 0 Å². The van der Waals surface area contributed by atoms with E-state index in [0.717, 1.165) is 45.2 Å². The number of hydrogen-bond donors (Lipinski definition) is 5. The van der Waals surface area contributed by atoms with E-state index in [9.17, 15) is 4.79 Å². The highest BCUT2D eigenvalue weighted by Crippen LogP contribution is 2.45. The van der Waals surface area contributed by atoms with Crippen molar-refractivity contribution in [3.8, 4) is 0 Å². The minimum absolute atomic E-state index is 0.0315. The first-order valence-corrected chi connectivity index (χ1v) is 12.5. The molecule has 0 aromatic rings. The van der Waals surface area contributed by atoms with Crippen molar-refractivity contribution >= 4 is 17.9 Å². The molecule has 0 bridgehead atoms. The molecule has 8 unspecified atom stereocenters. The molecule has 10 heteroatoms. The number of nitrogens with zero attached hydrogens (tertiary/aromatic N) is 2. The maximum absolute atomic E-state index is 13.3. The van der Waals surface area contributed by atoms with Gasteiger partial charge in [-0.25, -0.2) is 10.4 Å². The zero-order valence-corrected chi connectivity index (χ0v) is 18.4. The molecule has 9 nitrogen and oxygen atoms in total. The van der Waals surface area contributed by atoms with Gasteiger partial charge in [-0.05, 0) is 32.1 Å². The SMILES string of the molecule is CC1NSC(NC(=O)C2C(N)NN3CC4CN(C5COC5)CCC4NC23)C1C1CC1. The van der Waals surface area contributed by atoms with Crippen molar-refractivity contribution in [2.45, 2.75) is 62.0 Å². The number of hydrogen-bond acceptors (Lipinski definition) is 9. The lowest BCUT2D eigenvalue weighted by Gasteiger charge is -2.50. The number of fused-ring (bicyclic) bond motifs is 2. The fourth-order valence-electron chi connectivity index (χ4n) is 6.21. The quantitative estimate of drug-likeness (QED) is 0.348. The summed E-state index contributed by atoms with van der Waals surface area (Å²) in [5.74, 6) is 1.62. The molecule has 0 aromatic heterocycles. The normalized spacial score (nSPS) is 47.5. The average Bonchev–Trinajstić information content (AvgIpc) is 3.36. The molecule has 1 saturated carbocycles. The number of hydrazine groups is 1. The van der Waals surface area contributed by atoms with Gasteiger partial charge in [0.2, 0.25) is 5.91 Å². The van der Waals surface area contributed by atoms with Crippen LogP contribution in [0, 0.1) is 23.7 Å². The highest BCUT2D eigenvalue weighted by Gasteiger charge is 2.52. The predicted molar refractivity (Wildman–Crippen MR) is 115 cm³/mol. The molecule has 6 rings (SSSR count). The molecule has 6 fully saturated rings. The average molecular weight is 438 g/mol. The van der Waals surface area contributed by atoms with Crippen LogP contribution in [0.5, 0.6) is 0 Å². The lowest BCUT2D eigenvalue weighted by atomic mass is 9.87. The van der Waals surface area contributed by atoms with Crippen molar-refractivity contribution in [2.24, 2.45) is 29.4 Å². The number of rotatable bonds is 4. The van der Waals surface area contributed by atoms with Crippen molar-refractivity contribution in [2.75, 3.05) is 32.8 Å². The second-order valence-electron chi connectivity index (χ2n) is 10.2. The van der Waals surface area contributed by atoms with Gasteiger partial charge < -0.3 is 15.8 Å². The van der Waals surface area contributed by atoms with E-state index in [4.69, 9.17) is 10.5 Å². The number of likely N-dealkylation sites (tertiary alicyclic amines) is 1. The van der Waals surface area contributed by atoms with Crippen LogP contribution >= 0.6 is 11.9 Å². The number of carbonyl (C=O) groups excluding carboxylic acids is 1. The summed E-state index contributed by atoms with van der Waals surface area (Å²) in [6.45, 7) is 7.11. The summed E-state index contributed by atoms with van der Waals surface area (Å²) in [7, 11) is 0. The first-order chi connectivity index (χ1) is 14.6. The Kier molecular flexibility index (Phi) is 5.27. The molecule has 6 N–H and O–H groups in total. The van der Waals surface area contributed by atoms with Crippen LogP contribution in [0.1, 0.15) is 26.2 Å². The van der Waals surface area contributed by atoms with Gasteiger partial charge in [-0.2, -0.15) is 0 Å². The van der Waals surface area contributed by atoms with E-state index in [-0.39, 0.29) is 29.5 Å². The zero-order chi connectivity index (χ0) is 20.4. The maximum Gasteiger partial charge on any atom is 0.230 e. The Morgan fingerprint density at radius 1 is 1.20 bits per heavy atom. The Labute approximate surface area is 182 Å². The van der Waals surface area contributed by atoms with Crippen LogP contribution in [0.15, 0.2) is 0 Å². The highest BCUT2D eigenvalue weighted by molar-refractivity contribution is 7.98. The fourth-order valence-corrected chi connectivity index (χ4v) is 7.52. The van der Waals surface area contributed by atoms with E-state index >= 15 is 0 Å². The van der Waals surface area contributed by atoms with Gasteiger partial charge in [-0.3, -0.25) is 19.7 Å². The summed E-state index contributed by atoms with van der Waals surface area (Å²) in [5, 5.41) is 9.48. The molecule has 0 aromatic carbocycles. The van der Waals surface area contributed by atoms with Crippen LogP contribution in [-0.4, -0.2) is 84.5 Å². The summed E-state index contributed by atoms with van der Waals surface area (Å²) in [6, 6.07) is 1.49. The smallest absolute Gasteiger partial charge is 0.230 e. The molecule has 30 heavy (non-hydrogen) atoms. The summed E-state index contributed by atoms with van der Waals surface area (Å²) < 4.78 is 8.87. The fraction of sp³-hybridized carbons (Fsp3) is 0.950. The Morgan fingerprint density at radius 3 is 2.77 bits per heavy atom. The van der Waals surface area contributed by atoms with Gasteiger partial charge >= 0.3 is 0 Å². The summed E-state index contributed by atoms with van der Waals surface area (Å²) in [6.07, 6.45) is 3.32. The largest absolute Gasteiger partial charge is 0.378 e. The van der Waals surface area contributed by atoms with Crippen molar-refractivity contribution in [3.05, 3.63) is 0 Å². The molecule has 0 spiro atoms. The second kappa shape index (κ2) is 7.84. The van der Waals surface area contributed by atoms with E-state index in [1.165, 1.54) is 12.8 Å². The Hall–Kier alpha value is -0.460. The monoisotopic (exact) mass is 437 g/mol. The van der Waals surface area contributed by atoms with Crippen molar-refractivity contribution in [1.82, 2.24) is 30.7 Å². The van der Waals surface area contributed by atoms with Gasteiger partial charge in [-0.15, -0.1) is 0 Å². The summed E-state index contributed by atoms with van der Waals surface area (Å²) in [4.78, 5) is 15.9. The number of nitrogens with one attached hydrogen (secondary N) is 4. The van der Waals surface area contributed by atoms with Crippen LogP contribution in [0.4, 0.5) is 0 Å². The predicted octanol–water partition coefficient (Wildman–Crippen LogP) is -1.17. The zero-order valence-electron chi connectivity index (χ0n) is 17.6. The molecule has 1 aliphatic carbocycles. The minimum Gasteiger partial charge on any atom is -0.378 e. The standard InChI is InChI=1S/C20H35N7O2S/c1-10-15(11-2-3-11)20(30-25-10)23-19(28)16-17(21)24-27-7-12-6-26(13-8-29-9-13)5-4-14(12)22-18(16)27/h10-18,20,22,24-25H,2-9,21H2,1H3,(H,23,28). The van der Waals surface area contributed by atoms with Gasteiger partial charge in [0, 0.05) is 43.6 Å². The van der Waals surface area contributed by atoms with Crippen LogP contribution < -0.4 is 26.5 Å². The lowest BCUT2D eigenvalue weighted by Crippen LogP contribution is -2.67. The third kappa shape index (κ3) is 3.49. The number of carbonyl (C=O) groups is 1. The molecule has 1 amide bonds. The molecular weight excluding hydrogens is 402 g/mol. The molecule has 5 heterocycles. The Balaban J connectivity index is 1.11. The first kappa shape index (κ1) is 20.2. The van der Waals surface area contributed by atoms with Crippen LogP contribution in [0.2, 0.25) is 0 Å². The number of piperidine rings is 1. The molecule has 5 saturated heterocycles. The van der Waals surface area contributed by atoms with Gasteiger partial charge in [0.05, 0.1) is 42.9 Å². The van der Waals surface area contributed by atoms with Crippen molar-refractivity contribution in [3.63, 3.8) is 0 Å². The Bertz CT molecular complexity index is 678.